The van der Waals surface area contributed by atoms with E-state index in [0.717, 1.165) is 23.5 Å². The van der Waals surface area contributed by atoms with Crippen molar-refractivity contribution < 1.29 is 5.11 Å². The Kier molecular flexibility index (Phi) is 2.25. The van der Waals surface area contributed by atoms with Crippen LogP contribution in [0, 0.1) is 6.92 Å². The number of rotatable bonds is 2. The van der Waals surface area contributed by atoms with Crippen LogP contribution in [0.3, 0.4) is 0 Å². The number of aliphatic hydroxyl groups is 1. The largest absolute Gasteiger partial charge is 0.390 e. The molecule has 2 rings (SSSR count). The molecule has 0 unspecified atom stereocenters. The molecule has 0 aliphatic carbocycles. The van der Waals surface area contributed by atoms with Crippen LogP contribution in [-0.4, -0.2) is 14.5 Å². The molecule has 2 aromatic rings. The highest BCUT2D eigenvalue weighted by Crippen LogP contribution is 2.14. The lowest BCUT2D eigenvalue weighted by Crippen LogP contribution is -1.90. The fraction of sp³-hybridized carbons (Fsp3) is 0.364. The number of hydrogen-bond donors (Lipinski definition) is 1. The van der Waals surface area contributed by atoms with Crippen molar-refractivity contribution in [3.8, 4) is 0 Å². The Balaban J connectivity index is 2.70. The molecule has 0 fully saturated rings. The Bertz CT molecular complexity index is 460. The maximum Gasteiger partial charge on any atom is 0.110 e. The molecule has 74 valence electrons. The van der Waals surface area contributed by atoms with Gasteiger partial charge in [-0.2, -0.15) is 0 Å². The topological polar surface area (TPSA) is 37.5 Å². The van der Waals surface area contributed by atoms with Crippen molar-refractivity contribution in [1.82, 2.24) is 9.38 Å². The van der Waals surface area contributed by atoms with Gasteiger partial charge in [-0.25, -0.2) is 4.98 Å². The molecular formula is C11H14N2O. The summed E-state index contributed by atoms with van der Waals surface area (Å²) in [4.78, 5) is 4.30. The molecule has 0 atom stereocenters. The number of fused-ring (bicyclic) bond motifs is 1. The summed E-state index contributed by atoms with van der Waals surface area (Å²) in [5, 5.41) is 9.10. The standard InChI is InChI=1S/C11H14N2O/c1-3-9-4-5-11-10(7-14)12-8(2)13(11)6-9/h4-6,14H,3,7H2,1-2H3. The predicted molar refractivity (Wildman–Crippen MR) is 55.2 cm³/mol. The van der Waals surface area contributed by atoms with Crippen molar-refractivity contribution in [1.29, 1.82) is 0 Å². The minimum Gasteiger partial charge on any atom is -0.390 e. The summed E-state index contributed by atoms with van der Waals surface area (Å²) >= 11 is 0. The highest BCUT2D eigenvalue weighted by Gasteiger charge is 2.06. The van der Waals surface area contributed by atoms with Gasteiger partial charge in [0.15, 0.2) is 0 Å². The number of nitrogens with zero attached hydrogens (tertiary/aromatic N) is 2. The number of hydrogen-bond acceptors (Lipinski definition) is 2. The summed E-state index contributed by atoms with van der Waals surface area (Å²) in [7, 11) is 0. The third-order valence-corrected chi connectivity index (χ3v) is 2.51. The van der Waals surface area contributed by atoms with Crippen LogP contribution in [0.4, 0.5) is 0 Å². The second kappa shape index (κ2) is 3.42. The number of pyridine rings is 1. The summed E-state index contributed by atoms with van der Waals surface area (Å²) in [5.74, 6) is 0.930. The van der Waals surface area contributed by atoms with Gasteiger partial charge in [-0.05, 0) is 25.0 Å². The Morgan fingerprint density at radius 2 is 2.21 bits per heavy atom. The first kappa shape index (κ1) is 9.21. The van der Waals surface area contributed by atoms with Crippen molar-refractivity contribution in [2.45, 2.75) is 26.9 Å². The van der Waals surface area contributed by atoms with Crippen LogP contribution in [0.5, 0.6) is 0 Å². The third-order valence-electron chi connectivity index (χ3n) is 2.51. The first-order valence-corrected chi connectivity index (χ1v) is 4.83. The van der Waals surface area contributed by atoms with Gasteiger partial charge < -0.3 is 9.51 Å². The zero-order valence-electron chi connectivity index (χ0n) is 8.49. The van der Waals surface area contributed by atoms with Gasteiger partial charge in [-0.1, -0.05) is 13.0 Å². The van der Waals surface area contributed by atoms with Gasteiger partial charge in [-0.15, -0.1) is 0 Å². The van der Waals surface area contributed by atoms with E-state index in [4.69, 9.17) is 5.11 Å². The van der Waals surface area contributed by atoms with E-state index in [9.17, 15) is 0 Å². The lowest BCUT2D eigenvalue weighted by Gasteiger charge is -2.00. The summed E-state index contributed by atoms with van der Waals surface area (Å²) in [6, 6.07) is 4.10. The van der Waals surface area contributed by atoms with Gasteiger partial charge in [0, 0.05) is 6.20 Å². The van der Waals surface area contributed by atoms with Crippen LogP contribution < -0.4 is 0 Å². The van der Waals surface area contributed by atoms with E-state index in [2.05, 4.69) is 24.2 Å². The van der Waals surface area contributed by atoms with Crippen LogP contribution >= 0.6 is 0 Å². The van der Waals surface area contributed by atoms with Crippen molar-refractivity contribution in [2.24, 2.45) is 0 Å². The maximum atomic E-state index is 9.10. The zero-order chi connectivity index (χ0) is 10.1. The molecule has 2 aromatic heterocycles. The molecule has 0 saturated carbocycles. The molecule has 1 N–H and O–H groups in total. The second-order valence-electron chi connectivity index (χ2n) is 3.41. The quantitative estimate of drug-likeness (QED) is 0.782. The number of aryl methyl sites for hydroxylation is 2. The van der Waals surface area contributed by atoms with Gasteiger partial charge in [-0.3, -0.25) is 0 Å². The number of aromatic nitrogens is 2. The van der Waals surface area contributed by atoms with Crippen molar-refractivity contribution >= 4 is 5.52 Å². The van der Waals surface area contributed by atoms with E-state index in [0.29, 0.717) is 0 Å². The molecule has 3 nitrogen and oxygen atoms in total. The van der Waals surface area contributed by atoms with E-state index in [-0.39, 0.29) is 6.61 Å². The van der Waals surface area contributed by atoms with Crippen molar-refractivity contribution in [3.63, 3.8) is 0 Å². The molecule has 0 radical (unpaired) electrons. The lowest BCUT2D eigenvalue weighted by molar-refractivity contribution is 0.279. The Morgan fingerprint density at radius 3 is 2.86 bits per heavy atom. The molecule has 0 aliphatic heterocycles. The van der Waals surface area contributed by atoms with E-state index in [1.807, 2.05) is 17.4 Å². The SMILES string of the molecule is CCc1ccc2c(CO)nc(C)n2c1. The number of aliphatic hydroxyl groups excluding tert-OH is 1. The summed E-state index contributed by atoms with van der Waals surface area (Å²) in [6.45, 7) is 4.08. The average Bonchev–Trinajstić information content (AvgIpc) is 2.55. The molecular weight excluding hydrogens is 176 g/mol. The fourth-order valence-corrected chi connectivity index (χ4v) is 1.68. The zero-order valence-corrected chi connectivity index (χ0v) is 8.49. The van der Waals surface area contributed by atoms with E-state index >= 15 is 0 Å². The van der Waals surface area contributed by atoms with Crippen LogP contribution in [0.1, 0.15) is 24.0 Å². The molecule has 14 heavy (non-hydrogen) atoms. The highest BCUT2D eigenvalue weighted by molar-refractivity contribution is 5.53. The van der Waals surface area contributed by atoms with E-state index < -0.39 is 0 Å². The first-order chi connectivity index (χ1) is 6.76. The third kappa shape index (κ3) is 1.30. The molecule has 0 amide bonds. The van der Waals surface area contributed by atoms with Crippen molar-refractivity contribution in [2.75, 3.05) is 0 Å². The molecule has 0 bridgehead atoms. The van der Waals surface area contributed by atoms with Gasteiger partial charge in [0.05, 0.1) is 17.8 Å². The summed E-state index contributed by atoms with van der Waals surface area (Å²) < 4.78 is 2.03. The maximum absolute atomic E-state index is 9.10. The average molecular weight is 190 g/mol. The van der Waals surface area contributed by atoms with Crippen LogP contribution in [0.2, 0.25) is 0 Å². The Hall–Kier alpha value is -1.35. The molecule has 0 aliphatic rings. The second-order valence-corrected chi connectivity index (χ2v) is 3.41. The van der Waals surface area contributed by atoms with Crippen LogP contribution in [0.25, 0.3) is 5.52 Å². The van der Waals surface area contributed by atoms with Gasteiger partial charge in [0.2, 0.25) is 0 Å². The normalized spacial score (nSPS) is 11.1. The van der Waals surface area contributed by atoms with E-state index in [1.165, 1.54) is 5.56 Å². The highest BCUT2D eigenvalue weighted by atomic mass is 16.3. The molecule has 0 aromatic carbocycles. The Labute approximate surface area is 83.0 Å². The van der Waals surface area contributed by atoms with Crippen molar-refractivity contribution in [3.05, 3.63) is 35.4 Å². The Morgan fingerprint density at radius 1 is 1.43 bits per heavy atom. The predicted octanol–water partition coefficient (Wildman–Crippen LogP) is 1.70. The smallest absolute Gasteiger partial charge is 0.110 e. The van der Waals surface area contributed by atoms with Gasteiger partial charge in [0.1, 0.15) is 5.82 Å². The van der Waals surface area contributed by atoms with E-state index in [1.54, 1.807) is 0 Å². The van der Waals surface area contributed by atoms with Crippen LogP contribution in [0.15, 0.2) is 18.3 Å². The first-order valence-electron chi connectivity index (χ1n) is 4.83. The monoisotopic (exact) mass is 190 g/mol. The lowest BCUT2D eigenvalue weighted by atomic mass is 10.2. The molecule has 0 saturated heterocycles. The fourth-order valence-electron chi connectivity index (χ4n) is 1.68. The molecule has 0 spiro atoms. The van der Waals surface area contributed by atoms with Crippen LogP contribution in [-0.2, 0) is 13.0 Å². The molecule has 2 heterocycles. The molecule has 3 heteroatoms. The minimum atomic E-state index is 0.00279. The van der Waals surface area contributed by atoms with Gasteiger partial charge in [0.25, 0.3) is 0 Å². The minimum absolute atomic E-state index is 0.00279. The number of imidazole rings is 1. The summed E-state index contributed by atoms with van der Waals surface area (Å²) in [5.41, 5.74) is 3.04. The van der Waals surface area contributed by atoms with Gasteiger partial charge >= 0.3 is 0 Å². The summed E-state index contributed by atoms with van der Waals surface area (Å²) in [6.07, 6.45) is 3.10.